The fourth-order valence-corrected chi connectivity index (χ4v) is 3.18. The van der Waals surface area contributed by atoms with Gasteiger partial charge in [-0.25, -0.2) is 0 Å². The molecule has 1 aliphatic rings. The molecule has 5 nitrogen and oxygen atoms in total. The summed E-state index contributed by atoms with van der Waals surface area (Å²) in [5.74, 6) is 1.08. The van der Waals surface area contributed by atoms with Gasteiger partial charge in [0.2, 0.25) is 0 Å². The van der Waals surface area contributed by atoms with Crippen LogP contribution >= 0.6 is 0 Å². The first-order valence-electron chi connectivity index (χ1n) is 8.49. The minimum atomic E-state index is -0.00453. The third-order valence-electron chi connectivity index (χ3n) is 4.54. The summed E-state index contributed by atoms with van der Waals surface area (Å²) in [6.07, 6.45) is 0. The van der Waals surface area contributed by atoms with Crippen LogP contribution in [0.1, 0.15) is 15.9 Å². The lowest BCUT2D eigenvalue weighted by molar-refractivity contribution is 0.0624. The van der Waals surface area contributed by atoms with E-state index >= 15 is 0 Å². The summed E-state index contributed by atoms with van der Waals surface area (Å²) in [7, 11) is 3.14. The van der Waals surface area contributed by atoms with Crippen LogP contribution in [0.5, 0.6) is 11.5 Å². The normalized spacial score (nSPS) is 15.0. The minimum absolute atomic E-state index is 0.00453. The van der Waals surface area contributed by atoms with E-state index < -0.39 is 0 Å². The molecule has 0 aromatic heterocycles. The molecular weight excluding hydrogens is 316 g/mol. The zero-order chi connectivity index (χ0) is 17.6. The molecule has 1 heterocycles. The van der Waals surface area contributed by atoms with Crippen LogP contribution in [0.3, 0.4) is 0 Å². The fraction of sp³-hybridized carbons (Fsp3) is 0.350. The molecule has 1 saturated heterocycles. The van der Waals surface area contributed by atoms with Crippen molar-refractivity contribution in [1.82, 2.24) is 9.80 Å². The summed E-state index contributed by atoms with van der Waals surface area (Å²) < 4.78 is 10.7. The largest absolute Gasteiger partial charge is 0.493 e. The summed E-state index contributed by atoms with van der Waals surface area (Å²) >= 11 is 0. The maximum Gasteiger partial charge on any atom is 0.257 e. The third kappa shape index (κ3) is 3.94. The van der Waals surface area contributed by atoms with Gasteiger partial charge in [0.25, 0.3) is 5.91 Å². The Morgan fingerprint density at radius 3 is 2.28 bits per heavy atom. The number of nitrogens with zero attached hydrogens (tertiary/aromatic N) is 2. The van der Waals surface area contributed by atoms with Gasteiger partial charge in [-0.2, -0.15) is 0 Å². The van der Waals surface area contributed by atoms with Crippen molar-refractivity contribution in [2.45, 2.75) is 6.54 Å². The molecule has 25 heavy (non-hydrogen) atoms. The number of carbonyl (C=O) groups excluding carboxylic acids is 1. The molecule has 1 aliphatic heterocycles. The highest BCUT2D eigenvalue weighted by molar-refractivity contribution is 5.97. The van der Waals surface area contributed by atoms with Crippen molar-refractivity contribution < 1.29 is 14.3 Å². The fourth-order valence-electron chi connectivity index (χ4n) is 3.18. The monoisotopic (exact) mass is 340 g/mol. The molecule has 1 amide bonds. The van der Waals surface area contributed by atoms with Gasteiger partial charge in [-0.15, -0.1) is 0 Å². The van der Waals surface area contributed by atoms with Crippen LogP contribution in [0.2, 0.25) is 0 Å². The predicted octanol–water partition coefficient (Wildman–Crippen LogP) is 2.66. The van der Waals surface area contributed by atoms with Crippen LogP contribution in [-0.2, 0) is 6.54 Å². The number of carbonyl (C=O) groups is 1. The zero-order valence-corrected chi connectivity index (χ0v) is 14.8. The first-order valence-corrected chi connectivity index (χ1v) is 8.49. The van der Waals surface area contributed by atoms with Crippen LogP contribution < -0.4 is 9.47 Å². The zero-order valence-electron chi connectivity index (χ0n) is 14.8. The van der Waals surface area contributed by atoms with E-state index in [1.165, 1.54) is 5.56 Å². The highest BCUT2D eigenvalue weighted by atomic mass is 16.5. The number of benzene rings is 2. The lowest BCUT2D eigenvalue weighted by atomic mass is 10.1. The molecule has 2 aromatic carbocycles. The van der Waals surface area contributed by atoms with Crippen molar-refractivity contribution in [2.24, 2.45) is 0 Å². The quantitative estimate of drug-likeness (QED) is 0.839. The second kappa shape index (κ2) is 8.03. The van der Waals surface area contributed by atoms with Crippen LogP contribution in [0.15, 0.2) is 48.5 Å². The van der Waals surface area contributed by atoms with E-state index in [0.29, 0.717) is 30.2 Å². The van der Waals surface area contributed by atoms with E-state index in [9.17, 15) is 4.79 Å². The number of hydrogen-bond donors (Lipinski definition) is 0. The summed E-state index contributed by atoms with van der Waals surface area (Å²) in [5, 5.41) is 0. The van der Waals surface area contributed by atoms with Gasteiger partial charge in [0.05, 0.1) is 19.8 Å². The van der Waals surface area contributed by atoms with Crippen molar-refractivity contribution in [3.05, 3.63) is 59.7 Å². The second-order valence-electron chi connectivity index (χ2n) is 6.10. The van der Waals surface area contributed by atoms with Crippen molar-refractivity contribution in [3.63, 3.8) is 0 Å². The molecule has 0 radical (unpaired) electrons. The molecule has 2 aromatic rings. The van der Waals surface area contributed by atoms with Gasteiger partial charge < -0.3 is 14.4 Å². The summed E-state index contributed by atoms with van der Waals surface area (Å²) in [6.45, 7) is 4.09. The maximum absolute atomic E-state index is 12.9. The number of amides is 1. The van der Waals surface area contributed by atoms with Crippen molar-refractivity contribution in [2.75, 3.05) is 40.4 Å². The number of ether oxygens (including phenoxy) is 2. The molecule has 0 N–H and O–H groups in total. The van der Waals surface area contributed by atoms with Crippen LogP contribution in [0.25, 0.3) is 0 Å². The Hall–Kier alpha value is -2.53. The van der Waals surface area contributed by atoms with E-state index in [1.54, 1.807) is 26.4 Å². The molecule has 0 unspecified atom stereocenters. The lowest BCUT2D eigenvalue weighted by Crippen LogP contribution is -2.48. The van der Waals surface area contributed by atoms with Gasteiger partial charge in [0.15, 0.2) is 11.5 Å². The molecular formula is C20H24N2O3. The number of para-hydroxylation sites is 1. The van der Waals surface area contributed by atoms with Gasteiger partial charge in [-0.1, -0.05) is 36.4 Å². The molecule has 0 spiro atoms. The van der Waals surface area contributed by atoms with Gasteiger partial charge in [-0.05, 0) is 17.7 Å². The van der Waals surface area contributed by atoms with Crippen LogP contribution in [0, 0.1) is 0 Å². The van der Waals surface area contributed by atoms with E-state index in [1.807, 2.05) is 17.0 Å². The number of rotatable bonds is 5. The average molecular weight is 340 g/mol. The highest BCUT2D eigenvalue weighted by Gasteiger charge is 2.25. The Morgan fingerprint density at radius 2 is 1.64 bits per heavy atom. The van der Waals surface area contributed by atoms with E-state index in [2.05, 4.69) is 29.2 Å². The molecule has 0 atom stereocenters. The first-order chi connectivity index (χ1) is 12.2. The Kier molecular flexibility index (Phi) is 5.56. The predicted molar refractivity (Wildman–Crippen MR) is 97.2 cm³/mol. The topological polar surface area (TPSA) is 42.0 Å². The third-order valence-corrected chi connectivity index (χ3v) is 4.54. The Labute approximate surface area is 148 Å². The second-order valence-corrected chi connectivity index (χ2v) is 6.10. The molecule has 0 aliphatic carbocycles. The molecule has 5 heteroatoms. The SMILES string of the molecule is COc1cccc(C(=O)N2CCN(Cc3ccccc3)CC2)c1OC. The molecule has 132 valence electrons. The Bertz CT molecular complexity index is 710. The van der Waals surface area contributed by atoms with Gasteiger partial charge in [0, 0.05) is 32.7 Å². The smallest absolute Gasteiger partial charge is 0.257 e. The van der Waals surface area contributed by atoms with E-state index in [-0.39, 0.29) is 5.91 Å². The van der Waals surface area contributed by atoms with Gasteiger partial charge in [-0.3, -0.25) is 9.69 Å². The van der Waals surface area contributed by atoms with E-state index in [0.717, 1.165) is 19.6 Å². The Morgan fingerprint density at radius 1 is 0.920 bits per heavy atom. The number of piperazine rings is 1. The summed E-state index contributed by atoms with van der Waals surface area (Å²) in [5.41, 5.74) is 1.86. The van der Waals surface area contributed by atoms with Gasteiger partial charge in [0.1, 0.15) is 0 Å². The maximum atomic E-state index is 12.9. The summed E-state index contributed by atoms with van der Waals surface area (Å²) in [4.78, 5) is 17.1. The summed E-state index contributed by atoms with van der Waals surface area (Å²) in [6, 6.07) is 15.8. The van der Waals surface area contributed by atoms with Gasteiger partial charge >= 0.3 is 0 Å². The molecule has 1 fully saturated rings. The van der Waals surface area contributed by atoms with E-state index in [4.69, 9.17) is 9.47 Å². The first kappa shape index (κ1) is 17.3. The van der Waals surface area contributed by atoms with Crippen LogP contribution in [0.4, 0.5) is 0 Å². The lowest BCUT2D eigenvalue weighted by Gasteiger charge is -2.35. The average Bonchev–Trinajstić information content (AvgIpc) is 2.68. The number of methoxy groups -OCH3 is 2. The standard InChI is InChI=1S/C20H24N2O3/c1-24-18-10-6-9-17(19(18)25-2)20(23)22-13-11-21(12-14-22)15-16-7-4-3-5-8-16/h3-10H,11-15H2,1-2H3. The molecule has 3 rings (SSSR count). The van der Waals surface area contributed by atoms with Crippen LogP contribution in [-0.4, -0.2) is 56.1 Å². The van der Waals surface area contributed by atoms with Crippen molar-refractivity contribution in [3.8, 4) is 11.5 Å². The molecule has 0 bridgehead atoms. The highest BCUT2D eigenvalue weighted by Crippen LogP contribution is 2.31. The van der Waals surface area contributed by atoms with Crippen molar-refractivity contribution >= 4 is 5.91 Å². The molecule has 0 saturated carbocycles. The van der Waals surface area contributed by atoms with Crippen molar-refractivity contribution in [1.29, 1.82) is 0 Å². The Balaban J connectivity index is 1.64. The minimum Gasteiger partial charge on any atom is -0.493 e. The number of hydrogen-bond acceptors (Lipinski definition) is 4.